The SMILES string of the molecule is COc1cc(/C=C2\SC(=N)[C@@H](c3nccs3)C2=O)ccc1OCc1ccccc1. The van der Waals surface area contributed by atoms with E-state index < -0.39 is 5.92 Å². The molecule has 1 saturated heterocycles. The number of hydrogen-bond acceptors (Lipinski definition) is 7. The lowest BCUT2D eigenvalue weighted by molar-refractivity contribution is -0.114. The molecule has 0 unspecified atom stereocenters. The number of Topliss-reactive ketones (excluding diaryl/α,β-unsaturated/α-hetero) is 1. The van der Waals surface area contributed by atoms with E-state index >= 15 is 0 Å². The van der Waals surface area contributed by atoms with Crippen molar-refractivity contribution in [3.63, 3.8) is 0 Å². The molecule has 2 heterocycles. The number of nitrogens with one attached hydrogen (secondary N) is 1. The van der Waals surface area contributed by atoms with Crippen LogP contribution in [0.4, 0.5) is 0 Å². The van der Waals surface area contributed by atoms with E-state index in [4.69, 9.17) is 14.9 Å². The maximum Gasteiger partial charge on any atom is 0.186 e. The zero-order chi connectivity index (χ0) is 20.2. The van der Waals surface area contributed by atoms with Crippen molar-refractivity contribution in [1.82, 2.24) is 4.98 Å². The van der Waals surface area contributed by atoms with Crippen molar-refractivity contribution in [1.29, 1.82) is 5.41 Å². The monoisotopic (exact) mass is 422 g/mol. The summed E-state index contributed by atoms with van der Waals surface area (Å²) in [7, 11) is 1.59. The summed E-state index contributed by atoms with van der Waals surface area (Å²) in [4.78, 5) is 17.5. The maximum atomic E-state index is 12.8. The smallest absolute Gasteiger partial charge is 0.186 e. The molecule has 1 atom stereocenters. The fourth-order valence-corrected chi connectivity index (χ4v) is 4.78. The molecule has 0 amide bonds. The highest BCUT2D eigenvalue weighted by Crippen LogP contribution is 2.41. The second-order valence-corrected chi connectivity index (χ2v) is 8.34. The number of benzene rings is 2. The van der Waals surface area contributed by atoms with Gasteiger partial charge in [0.25, 0.3) is 0 Å². The first-order valence-electron chi connectivity index (χ1n) is 8.92. The van der Waals surface area contributed by atoms with Crippen LogP contribution in [0.3, 0.4) is 0 Å². The Hall–Kier alpha value is -2.90. The normalized spacial score (nSPS) is 17.7. The van der Waals surface area contributed by atoms with Gasteiger partial charge in [-0.05, 0) is 29.3 Å². The number of thioether (sulfide) groups is 1. The average molecular weight is 423 g/mol. The van der Waals surface area contributed by atoms with Crippen LogP contribution in [-0.4, -0.2) is 22.9 Å². The Balaban J connectivity index is 1.53. The topological polar surface area (TPSA) is 72.3 Å². The highest BCUT2D eigenvalue weighted by atomic mass is 32.2. The zero-order valence-corrected chi connectivity index (χ0v) is 17.3. The van der Waals surface area contributed by atoms with Crippen molar-refractivity contribution in [2.75, 3.05) is 7.11 Å². The van der Waals surface area contributed by atoms with E-state index in [1.165, 1.54) is 23.1 Å². The van der Waals surface area contributed by atoms with Crippen LogP contribution in [0.25, 0.3) is 6.08 Å². The molecule has 1 N–H and O–H groups in total. The van der Waals surface area contributed by atoms with Gasteiger partial charge in [0.05, 0.1) is 17.1 Å². The molecule has 2 aromatic carbocycles. The van der Waals surface area contributed by atoms with Crippen molar-refractivity contribution >= 4 is 40.0 Å². The molecular formula is C22H18N2O3S2. The van der Waals surface area contributed by atoms with E-state index in [0.29, 0.717) is 33.1 Å². The van der Waals surface area contributed by atoms with Gasteiger partial charge in [-0.1, -0.05) is 48.2 Å². The van der Waals surface area contributed by atoms with Crippen LogP contribution in [0.5, 0.6) is 11.5 Å². The van der Waals surface area contributed by atoms with Crippen molar-refractivity contribution in [2.45, 2.75) is 12.5 Å². The number of thiazole rings is 1. The van der Waals surface area contributed by atoms with Gasteiger partial charge in [-0.3, -0.25) is 10.2 Å². The van der Waals surface area contributed by atoms with Crippen LogP contribution in [0.1, 0.15) is 22.1 Å². The molecule has 0 radical (unpaired) electrons. The summed E-state index contributed by atoms with van der Waals surface area (Å²) in [5, 5.41) is 11.0. The molecule has 4 rings (SSSR count). The molecule has 1 aromatic heterocycles. The number of nitrogens with zero attached hydrogens (tertiary/aromatic N) is 1. The first-order chi connectivity index (χ1) is 14.2. The number of hydrogen-bond donors (Lipinski definition) is 1. The molecule has 29 heavy (non-hydrogen) atoms. The summed E-state index contributed by atoms with van der Waals surface area (Å²) >= 11 is 2.59. The standard InChI is InChI=1S/C22H18N2O3S2/c1-26-17-11-15(7-8-16(17)27-13-14-5-3-2-4-6-14)12-18-20(25)19(21(23)29-18)22-24-9-10-28-22/h2-12,19,23H,13H2,1H3/b18-12-,23-21?/t19-/m0/s1. The third-order valence-electron chi connectivity index (χ3n) is 4.41. The molecule has 1 aliphatic heterocycles. The van der Waals surface area contributed by atoms with Gasteiger partial charge in [-0.15, -0.1) is 11.3 Å². The lowest BCUT2D eigenvalue weighted by atomic mass is 10.0. The molecule has 0 spiro atoms. The van der Waals surface area contributed by atoms with Crippen LogP contribution >= 0.6 is 23.1 Å². The van der Waals surface area contributed by atoms with E-state index in [1.54, 1.807) is 19.4 Å². The Morgan fingerprint density at radius 1 is 1.17 bits per heavy atom. The highest BCUT2D eigenvalue weighted by Gasteiger charge is 2.38. The third kappa shape index (κ3) is 4.26. The van der Waals surface area contributed by atoms with E-state index in [-0.39, 0.29) is 5.78 Å². The third-order valence-corrected chi connectivity index (χ3v) is 6.24. The van der Waals surface area contributed by atoms with Crippen molar-refractivity contribution in [2.24, 2.45) is 0 Å². The van der Waals surface area contributed by atoms with E-state index in [1.807, 2.05) is 53.9 Å². The van der Waals surface area contributed by atoms with Crippen LogP contribution < -0.4 is 9.47 Å². The minimum Gasteiger partial charge on any atom is -0.493 e. The Kier molecular flexibility index (Phi) is 5.78. The molecule has 0 aliphatic carbocycles. The van der Waals surface area contributed by atoms with Crippen LogP contribution in [0.15, 0.2) is 65.0 Å². The second kappa shape index (κ2) is 8.63. The second-order valence-electron chi connectivity index (χ2n) is 6.33. The summed E-state index contributed by atoms with van der Waals surface area (Å²) in [6, 6.07) is 15.5. The average Bonchev–Trinajstić information content (AvgIpc) is 3.35. The molecule has 146 valence electrons. The van der Waals surface area contributed by atoms with Crippen molar-refractivity contribution in [3.05, 3.63) is 81.1 Å². The molecular weight excluding hydrogens is 404 g/mol. The molecule has 1 aliphatic rings. The summed E-state index contributed by atoms with van der Waals surface area (Å²) < 4.78 is 11.4. The first-order valence-corrected chi connectivity index (χ1v) is 10.6. The van der Waals surface area contributed by atoms with Crippen LogP contribution in [-0.2, 0) is 11.4 Å². The maximum absolute atomic E-state index is 12.8. The number of carbonyl (C=O) groups is 1. The first kappa shape index (κ1) is 19.4. The van der Waals surface area contributed by atoms with Crippen LogP contribution in [0.2, 0.25) is 0 Å². The van der Waals surface area contributed by atoms with Gasteiger partial charge in [0.15, 0.2) is 17.3 Å². The Morgan fingerprint density at radius 2 is 2.00 bits per heavy atom. The number of ether oxygens (including phenoxy) is 2. The predicted molar refractivity (Wildman–Crippen MR) is 117 cm³/mol. The molecule has 5 nitrogen and oxygen atoms in total. The lowest BCUT2D eigenvalue weighted by Gasteiger charge is -2.11. The summed E-state index contributed by atoms with van der Waals surface area (Å²) in [5.74, 6) is 0.564. The Labute approximate surface area is 176 Å². The van der Waals surface area contributed by atoms with Gasteiger partial charge >= 0.3 is 0 Å². The van der Waals surface area contributed by atoms with Gasteiger partial charge in [0.1, 0.15) is 17.5 Å². The van der Waals surface area contributed by atoms with Gasteiger partial charge < -0.3 is 9.47 Å². The highest BCUT2D eigenvalue weighted by molar-refractivity contribution is 8.19. The van der Waals surface area contributed by atoms with Gasteiger partial charge in [0, 0.05) is 11.6 Å². The summed E-state index contributed by atoms with van der Waals surface area (Å²) in [6.07, 6.45) is 3.45. The van der Waals surface area contributed by atoms with Gasteiger partial charge in [-0.25, -0.2) is 4.98 Å². The fourth-order valence-electron chi connectivity index (χ4n) is 2.97. The van der Waals surface area contributed by atoms with Gasteiger partial charge in [0.2, 0.25) is 0 Å². The minimum absolute atomic E-state index is 0.0849. The number of allylic oxidation sites excluding steroid dienone is 1. The van der Waals surface area contributed by atoms with Gasteiger partial charge in [-0.2, -0.15) is 0 Å². The number of carbonyl (C=O) groups excluding carboxylic acids is 1. The quantitative estimate of drug-likeness (QED) is 0.556. The van der Waals surface area contributed by atoms with Crippen molar-refractivity contribution in [3.8, 4) is 11.5 Å². The van der Waals surface area contributed by atoms with Crippen LogP contribution in [0, 0.1) is 5.41 Å². The predicted octanol–water partition coefficient (Wildman–Crippen LogP) is 5.15. The Bertz CT molecular complexity index is 1060. The Morgan fingerprint density at radius 3 is 2.72 bits per heavy atom. The van der Waals surface area contributed by atoms with Crippen molar-refractivity contribution < 1.29 is 14.3 Å². The van der Waals surface area contributed by atoms with E-state index in [9.17, 15) is 4.79 Å². The molecule has 0 bridgehead atoms. The van der Waals surface area contributed by atoms with E-state index in [0.717, 1.165) is 11.1 Å². The minimum atomic E-state index is -0.582. The zero-order valence-electron chi connectivity index (χ0n) is 15.6. The van der Waals surface area contributed by atoms with E-state index in [2.05, 4.69) is 4.98 Å². The summed E-state index contributed by atoms with van der Waals surface area (Å²) in [5.41, 5.74) is 1.89. The number of rotatable bonds is 6. The molecule has 7 heteroatoms. The molecule has 0 saturated carbocycles. The number of methoxy groups -OCH3 is 1. The molecule has 3 aromatic rings. The summed E-state index contributed by atoms with van der Waals surface area (Å²) in [6.45, 7) is 0.443. The largest absolute Gasteiger partial charge is 0.493 e. The lowest BCUT2D eigenvalue weighted by Crippen LogP contribution is -2.11. The molecule has 1 fully saturated rings. The number of ketones is 1. The fraction of sp³-hybridized carbons (Fsp3) is 0.136. The number of aromatic nitrogens is 1.